The Labute approximate surface area is 164 Å². The van der Waals surface area contributed by atoms with E-state index in [1.54, 1.807) is 11.3 Å². The van der Waals surface area contributed by atoms with Gasteiger partial charge in [-0.3, -0.25) is 9.59 Å². The first-order valence-electron chi connectivity index (χ1n) is 9.20. The number of hydrogen-bond acceptors (Lipinski definition) is 4. The molecular weight excluding hydrogens is 360 g/mol. The zero-order chi connectivity index (χ0) is 19.4. The minimum Gasteiger partial charge on any atom is -0.381 e. The first-order valence-corrected chi connectivity index (χ1v) is 10.1. The Morgan fingerprint density at radius 2 is 1.78 bits per heavy atom. The molecule has 0 radical (unpaired) electrons. The third-order valence-corrected chi connectivity index (χ3v) is 6.32. The van der Waals surface area contributed by atoms with Gasteiger partial charge in [0.15, 0.2) is 0 Å². The van der Waals surface area contributed by atoms with E-state index in [-0.39, 0.29) is 5.41 Å². The Hall–Kier alpha value is -2.18. The van der Waals surface area contributed by atoms with E-state index in [4.69, 9.17) is 4.74 Å². The van der Waals surface area contributed by atoms with Crippen LogP contribution in [-0.4, -0.2) is 31.6 Å². The Bertz CT molecular complexity index is 801. The largest absolute Gasteiger partial charge is 0.381 e. The van der Waals surface area contributed by atoms with E-state index in [1.165, 1.54) is 4.88 Å². The van der Waals surface area contributed by atoms with E-state index >= 15 is 0 Å². The van der Waals surface area contributed by atoms with Crippen molar-refractivity contribution in [3.05, 3.63) is 51.2 Å². The van der Waals surface area contributed by atoms with Crippen molar-refractivity contribution in [2.45, 2.75) is 39.0 Å². The molecule has 3 rings (SSSR count). The van der Waals surface area contributed by atoms with Crippen molar-refractivity contribution in [2.75, 3.05) is 25.1 Å². The topological polar surface area (TPSA) is 67.4 Å². The number of carbonyl (C=O) groups is 2. The molecular formula is C21H26N2O3S. The smallest absolute Gasteiger partial charge is 0.313 e. The van der Waals surface area contributed by atoms with E-state index in [9.17, 15) is 9.59 Å². The van der Waals surface area contributed by atoms with Crippen LogP contribution in [0.25, 0.3) is 0 Å². The van der Waals surface area contributed by atoms with Gasteiger partial charge in [0.2, 0.25) is 0 Å². The predicted molar refractivity (Wildman–Crippen MR) is 108 cm³/mol. The number of ether oxygens (including phenoxy) is 1. The highest BCUT2D eigenvalue weighted by Crippen LogP contribution is 2.37. The molecule has 1 saturated heterocycles. The van der Waals surface area contributed by atoms with E-state index in [2.05, 4.69) is 16.7 Å². The lowest BCUT2D eigenvalue weighted by Crippen LogP contribution is -2.46. The number of hydrogen-bond donors (Lipinski definition) is 2. The number of rotatable bonds is 4. The molecule has 1 aromatic heterocycles. The molecule has 0 unspecified atom stereocenters. The van der Waals surface area contributed by atoms with Crippen LogP contribution >= 0.6 is 11.3 Å². The van der Waals surface area contributed by atoms with Crippen molar-refractivity contribution in [2.24, 2.45) is 0 Å². The quantitative estimate of drug-likeness (QED) is 0.791. The minimum absolute atomic E-state index is 0.155. The van der Waals surface area contributed by atoms with E-state index in [0.717, 1.165) is 29.5 Å². The Morgan fingerprint density at radius 1 is 1.11 bits per heavy atom. The first-order chi connectivity index (χ1) is 12.9. The molecule has 1 aliphatic heterocycles. The molecule has 2 amide bonds. The van der Waals surface area contributed by atoms with Crippen LogP contribution in [0.5, 0.6) is 0 Å². The molecule has 5 nitrogen and oxygen atoms in total. The number of carbonyl (C=O) groups excluding carboxylic acids is 2. The molecule has 0 saturated carbocycles. The zero-order valence-corrected chi connectivity index (χ0v) is 16.9. The van der Waals surface area contributed by atoms with Crippen LogP contribution in [0.4, 0.5) is 5.69 Å². The van der Waals surface area contributed by atoms with Crippen molar-refractivity contribution < 1.29 is 14.3 Å². The van der Waals surface area contributed by atoms with Gasteiger partial charge in [0.25, 0.3) is 0 Å². The van der Waals surface area contributed by atoms with Crippen molar-refractivity contribution in [3.8, 4) is 0 Å². The number of thiophene rings is 1. The van der Waals surface area contributed by atoms with Crippen LogP contribution in [0, 0.1) is 20.8 Å². The molecule has 27 heavy (non-hydrogen) atoms. The second-order valence-electron chi connectivity index (χ2n) is 7.28. The molecule has 0 bridgehead atoms. The highest BCUT2D eigenvalue weighted by atomic mass is 32.1. The number of nitrogens with one attached hydrogen (secondary N) is 2. The second-order valence-corrected chi connectivity index (χ2v) is 8.23. The summed E-state index contributed by atoms with van der Waals surface area (Å²) in [6.45, 7) is 7.65. The van der Waals surface area contributed by atoms with Gasteiger partial charge in [-0.2, -0.15) is 0 Å². The minimum atomic E-state index is -0.626. The number of benzene rings is 1. The summed E-state index contributed by atoms with van der Waals surface area (Å²) in [6.07, 6.45) is 1.68. The molecule has 0 atom stereocenters. The summed E-state index contributed by atoms with van der Waals surface area (Å²) in [5.74, 6) is -1.23. The summed E-state index contributed by atoms with van der Waals surface area (Å²) in [5.41, 5.74) is 3.59. The second kappa shape index (κ2) is 8.23. The van der Waals surface area contributed by atoms with Gasteiger partial charge in [-0.05, 0) is 56.2 Å². The summed E-state index contributed by atoms with van der Waals surface area (Å²) >= 11 is 1.69. The fourth-order valence-electron chi connectivity index (χ4n) is 3.73. The molecule has 0 aliphatic carbocycles. The average Bonchev–Trinajstić information content (AvgIpc) is 3.18. The number of anilines is 1. The van der Waals surface area contributed by atoms with Gasteiger partial charge in [-0.25, -0.2) is 0 Å². The van der Waals surface area contributed by atoms with Gasteiger partial charge in [0.05, 0.1) is 0 Å². The van der Waals surface area contributed by atoms with Crippen molar-refractivity contribution in [1.82, 2.24) is 5.32 Å². The zero-order valence-electron chi connectivity index (χ0n) is 16.1. The standard InChI is InChI=1S/C21H26N2O3S/c1-14-11-15(2)18(16(3)12-14)23-20(25)19(24)22-13-21(6-8-26-9-7-21)17-5-4-10-27-17/h4-5,10-12H,6-9,13H2,1-3H3,(H,22,24)(H,23,25). The van der Waals surface area contributed by atoms with Crippen LogP contribution in [0.2, 0.25) is 0 Å². The summed E-state index contributed by atoms with van der Waals surface area (Å²) in [5, 5.41) is 7.67. The van der Waals surface area contributed by atoms with Gasteiger partial charge in [0.1, 0.15) is 0 Å². The van der Waals surface area contributed by atoms with Gasteiger partial charge in [-0.15, -0.1) is 11.3 Å². The fraction of sp³-hybridized carbons (Fsp3) is 0.429. The van der Waals surface area contributed by atoms with E-state index in [0.29, 0.717) is 25.4 Å². The SMILES string of the molecule is Cc1cc(C)c(NC(=O)C(=O)NCC2(c3cccs3)CCOCC2)c(C)c1. The lowest BCUT2D eigenvalue weighted by molar-refractivity contribution is -0.136. The summed E-state index contributed by atoms with van der Waals surface area (Å²) < 4.78 is 5.50. The van der Waals surface area contributed by atoms with Crippen molar-refractivity contribution >= 4 is 28.8 Å². The van der Waals surface area contributed by atoms with Gasteiger partial charge < -0.3 is 15.4 Å². The van der Waals surface area contributed by atoms with Crippen LogP contribution in [-0.2, 0) is 19.7 Å². The third-order valence-electron chi connectivity index (χ3n) is 5.20. The maximum Gasteiger partial charge on any atom is 0.313 e. The Morgan fingerprint density at radius 3 is 2.37 bits per heavy atom. The van der Waals surface area contributed by atoms with Crippen LogP contribution < -0.4 is 10.6 Å². The lowest BCUT2D eigenvalue weighted by Gasteiger charge is -2.36. The highest BCUT2D eigenvalue weighted by molar-refractivity contribution is 7.10. The summed E-state index contributed by atoms with van der Waals surface area (Å²) in [7, 11) is 0. The fourth-order valence-corrected chi connectivity index (χ4v) is 4.72. The summed E-state index contributed by atoms with van der Waals surface area (Å²) in [6, 6.07) is 8.11. The molecule has 2 aromatic rings. The van der Waals surface area contributed by atoms with E-state index < -0.39 is 11.8 Å². The number of amides is 2. The van der Waals surface area contributed by atoms with Crippen LogP contribution in [0.3, 0.4) is 0 Å². The maximum atomic E-state index is 12.4. The average molecular weight is 387 g/mol. The molecule has 0 spiro atoms. The molecule has 2 heterocycles. The number of aryl methyl sites for hydroxylation is 3. The predicted octanol–water partition coefficient (Wildman–Crippen LogP) is 3.48. The van der Waals surface area contributed by atoms with Crippen molar-refractivity contribution in [3.63, 3.8) is 0 Å². The highest BCUT2D eigenvalue weighted by Gasteiger charge is 2.36. The van der Waals surface area contributed by atoms with Crippen LogP contribution in [0.1, 0.15) is 34.4 Å². The first kappa shape index (κ1) is 19.6. The maximum absolute atomic E-state index is 12.4. The molecule has 1 fully saturated rings. The summed E-state index contributed by atoms with van der Waals surface area (Å²) in [4.78, 5) is 26.1. The van der Waals surface area contributed by atoms with Crippen molar-refractivity contribution in [1.29, 1.82) is 0 Å². The monoisotopic (exact) mass is 386 g/mol. The van der Waals surface area contributed by atoms with Gasteiger partial charge in [-0.1, -0.05) is 23.8 Å². The molecule has 6 heteroatoms. The third kappa shape index (κ3) is 4.39. The molecule has 144 valence electrons. The lowest BCUT2D eigenvalue weighted by atomic mass is 9.78. The molecule has 1 aliphatic rings. The Kier molecular flexibility index (Phi) is 5.97. The Balaban J connectivity index is 1.67. The van der Waals surface area contributed by atoms with Crippen LogP contribution in [0.15, 0.2) is 29.6 Å². The normalized spacial score (nSPS) is 16.0. The molecule has 2 N–H and O–H groups in total. The van der Waals surface area contributed by atoms with Gasteiger partial charge in [0, 0.05) is 35.7 Å². The van der Waals surface area contributed by atoms with E-state index in [1.807, 2.05) is 44.4 Å². The molecule has 1 aromatic carbocycles. The van der Waals surface area contributed by atoms with Gasteiger partial charge >= 0.3 is 11.8 Å².